The first-order chi connectivity index (χ1) is 11.4. The number of nitrogens with zero attached hydrogens (tertiary/aromatic N) is 2. The third-order valence-electron chi connectivity index (χ3n) is 3.45. The molecule has 0 aliphatic carbocycles. The van der Waals surface area contributed by atoms with Gasteiger partial charge >= 0.3 is 0 Å². The number of fused-ring (bicyclic) bond motifs is 1. The van der Waals surface area contributed by atoms with Crippen LogP contribution in [0.15, 0.2) is 69.7 Å². The summed E-state index contributed by atoms with van der Waals surface area (Å²) in [5, 5.41) is 15.1. The lowest BCUT2D eigenvalue weighted by Gasteiger charge is -2.08. The van der Waals surface area contributed by atoms with E-state index in [1.807, 2.05) is 0 Å². The Morgan fingerprint density at radius 1 is 0.875 bits per heavy atom. The maximum absolute atomic E-state index is 11.7. The van der Waals surface area contributed by atoms with E-state index in [2.05, 4.69) is 10.2 Å². The monoisotopic (exact) mass is 360 g/mol. The van der Waals surface area contributed by atoms with Crippen LogP contribution in [0, 0.1) is 0 Å². The molecule has 0 bridgehead atoms. The first kappa shape index (κ1) is 16.4. The lowest BCUT2D eigenvalue weighted by Crippen LogP contribution is -2.12. The summed E-state index contributed by atoms with van der Waals surface area (Å²) in [5.41, 5.74) is 7.49. The fourth-order valence-electron chi connectivity index (χ4n) is 2.30. The van der Waals surface area contributed by atoms with E-state index in [4.69, 9.17) is 22.5 Å². The van der Waals surface area contributed by atoms with Gasteiger partial charge in [-0.25, -0.2) is 13.6 Å². The standard InChI is InChI=1S/C16H13ClN4O2S/c17-10-4-6-11(7-5-10)20-21-14-9-8-12-13(16(14)18)2-1-3-15(12)24(19,22)23/h1-9H,18H2,(H2,19,22,23)/b21-20+. The van der Waals surface area contributed by atoms with Crippen molar-refractivity contribution in [3.8, 4) is 0 Å². The van der Waals surface area contributed by atoms with Gasteiger partial charge in [0.15, 0.2) is 0 Å². The number of nitrogen functional groups attached to an aromatic ring is 1. The molecule has 6 nitrogen and oxygen atoms in total. The van der Waals surface area contributed by atoms with Gasteiger partial charge in [-0.05, 0) is 36.4 Å². The molecule has 122 valence electrons. The molecule has 3 aromatic carbocycles. The summed E-state index contributed by atoms with van der Waals surface area (Å²) in [6, 6.07) is 14.8. The summed E-state index contributed by atoms with van der Waals surface area (Å²) in [7, 11) is -3.84. The Hall–Kier alpha value is -2.48. The van der Waals surface area contributed by atoms with Crippen LogP contribution >= 0.6 is 11.6 Å². The highest BCUT2D eigenvalue weighted by Gasteiger charge is 2.14. The van der Waals surface area contributed by atoms with Crippen molar-refractivity contribution in [2.45, 2.75) is 4.90 Å². The minimum atomic E-state index is -3.84. The maximum atomic E-state index is 11.7. The number of hydrogen-bond acceptors (Lipinski definition) is 5. The van der Waals surface area contributed by atoms with Crippen LogP contribution in [0.5, 0.6) is 0 Å². The van der Waals surface area contributed by atoms with Gasteiger partial charge in [0.1, 0.15) is 5.69 Å². The number of hydrogen-bond donors (Lipinski definition) is 2. The summed E-state index contributed by atoms with van der Waals surface area (Å²) in [6.45, 7) is 0. The molecule has 0 radical (unpaired) electrons. The molecule has 0 unspecified atom stereocenters. The van der Waals surface area contributed by atoms with Crippen LogP contribution in [0.4, 0.5) is 17.1 Å². The lowest BCUT2D eigenvalue weighted by atomic mass is 10.1. The molecule has 0 saturated carbocycles. The van der Waals surface area contributed by atoms with E-state index in [0.29, 0.717) is 32.9 Å². The van der Waals surface area contributed by atoms with Crippen molar-refractivity contribution >= 4 is 49.5 Å². The average molecular weight is 361 g/mol. The Balaban J connectivity index is 2.08. The van der Waals surface area contributed by atoms with Crippen LogP contribution < -0.4 is 10.9 Å². The van der Waals surface area contributed by atoms with Gasteiger partial charge < -0.3 is 5.73 Å². The Morgan fingerprint density at radius 2 is 1.58 bits per heavy atom. The minimum Gasteiger partial charge on any atom is -0.396 e. The number of primary sulfonamides is 1. The minimum absolute atomic E-state index is 0.0212. The van der Waals surface area contributed by atoms with Crippen LogP contribution in [0.2, 0.25) is 5.02 Å². The number of benzene rings is 3. The van der Waals surface area contributed by atoms with Gasteiger partial charge in [0.2, 0.25) is 10.0 Å². The second-order valence-corrected chi connectivity index (χ2v) is 7.04. The Labute approximate surface area is 143 Å². The largest absolute Gasteiger partial charge is 0.396 e. The van der Waals surface area contributed by atoms with Gasteiger partial charge in [0.05, 0.1) is 16.3 Å². The van der Waals surface area contributed by atoms with E-state index in [0.717, 1.165) is 0 Å². The number of halogens is 1. The van der Waals surface area contributed by atoms with Crippen molar-refractivity contribution in [3.63, 3.8) is 0 Å². The zero-order valence-electron chi connectivity index (χ0n) is 12.3. The van der Waals surface area contributed by atoms with E-state index in [1.54, 1.807) is 48.5 Å². The van der Waals surface area contributed by atoms with Crippen LogP contribution in [-0.4, -0.2) is 8.42 Å². The van der Waals surface area contributed by atoms with Crippen LogP contribution in [0.25, 0.3) is 10.8 Å². The van der Waals surface area contributed by atoms with E-state index in [9.17, 15) is 8.42 Å². The molecule has 0 aromatic heterocycles. The molecule has 24 heavy (non-hydrogen) atoms. The summed E-state index contributed by atoms with van der Waals surface area (Å²) >= 11 is 5.82. The molecule has 0 amide bonds. The molecule has 0 atom stereocenters. The maximum Gasteiger partial charge on any atom is 0.238 e. The molecule has 0 heterocycles. The summed E-state index contributed by atoms with van der Waals surface area (Å²) in [4.78, 5) is 0.0212. The second-order valence-electron chi connectivity index (χ2n) is 5.07. The number of nitrogens with two attached hydrogens (primary N) is 2. The number of azo groups is 1. The van der Waals surface area contributed by atoms with Crippen molar-refractivity contribution in [3.05, 3.63) is 59.6 Å². The molecular formula is C16H13ClN4O2S. The lowest BCUT2D eigenvalue weighted by molar-refractivity contribution is 0.598. The molecule has 3 rings (SSSR count). The molecule has 8 heteroatoms. The second kappa shape index (κ2) is 6.20. The van der Waals surface area contributed by atoms with Gasteiger partial charge in [0, 0.05) is 15.8 Å². The van der Waals surface area contributed by atoms with Gasteiger partial charge in [0.25, 0.3) is 0 Å². The van der Waals surface area contributed by atoms with Crippen molar-refractivity contribution in [1.82, 2.24) is 0 Å². The molecule has 0 spiro atoms. The topological polar surface area (TPSA) is 111 Å². The molecule has 4 N–H and O–H groups in total. The third kappa shape index (κ3) is 3.23. The quantitative estimate of drug-likeness (QED) is 0.540. The predicted octanol–water partition coefficient (Wildman–Crippen LogP) is 4.14. The summed E-state index contributed by atoms with van der Waals surface area (Å²) in [5.74, 6) is 0. The highest BCUT2D eigenvalue weighted by molar-refractivity contribution is 7.89. The zero-order valence-corrected chi connectivity index (χ0v) is 13.9. The first-order valence-corrected chi connectivity index (χ1v) is 8.80. The number of sulfonamides is 1. The summed E-state index contributed by atoms with van der Waals surface area (Å²) in [6.07, 6.45) is 0. The van der Waals surface area contributed by atoms with Crippen LogP contribution in [-0.2, 0) is 10.0 Å². The summed E-state index contributed by atoms with van der Waals surface area (Å²) < 4.78 is 23.3. The van der Waals surface area contributed by atoms with E-state index in [1.165, 1.54) is 6.07 Å². The van der Waals surface area contributed by atoms with Crippen molar-refractivity contribution in [2.24, 2.45) is 15.4 Å². The van der Waals surface area contributed by atoms with Crippen LogP contribution in [0.1, 0.15) is 0 Å². The zero-order chi connectivity index (χ0) is 17.3. The molecule has 0 aliphatic heterocycles. The third-order valence-corrected chi connectivity index (χ3v) is 4.67. The smallest absolute Gasteiger partial charge is 0.238 e. The molecule has 0 saturated heterocycles. The van der Waals surface area contributed by atoms with Crippen molar-refractivity contribution in [2.75, 3.05) is 5.73 Å². The van der Waals surface area contributed by atoms with E-state index >= 15 is 0 Å². The highest BCUT2D eigenvalue weighted by Crippen LogP contribution is 2.34. The Bertz CT molecular complexity index is 1050. The fourth-order valence-corrected chi connectivity index (χ4v) is 3.17. The van der Waals surface area contributed by atoms with Crippen molar-refractivity contribution < 1.29 is 8.42 Å². The predicted molar refractivity (Wildman–Crippen MR) is 95.4 cm³/mol. The van der Waals surface area contributed by atoms with Crippen molar-refractivity contribution in [1.29, 1.82) is 0 Å². The fraction of sp³-hybridized carbons (Fsp3) is 0. The normalized spacial score (nSPS) is 12.1. The number of anilines is 1. The van der Waals surface area contributed by atoms with Gasteiger partial charge in [-0.2, -0.15) is 5.11 Å². The van der Waals surface area contributed by atoms with E-state index < -0.39 is 10.0 Å². The Kier molecular flexibility index (Phi) is 4.23. The molecule has 0 fully saturated rings. The van der Waals surface area contributed by atoms with Gasteiger partial charge in [-0.3, -0.25) is 0 Å². The van der Waals surface area contributed by atoms with Gasteiger partial charge in [-0.1, -0.05) is 29.8 Å². The highest BCUT2D eigenvalue weighted by atomic mass is 35.5. The molecular weight excluding hydrogens is 348 g/mol. The molecule has 3 aromatic rings. The SMILES string of the molecule is Nc1c(/N=N/c2ccc(Cl)cc2)ccc2c(S(N)(=O)=O)cccc12. The first-order valence-electron chi connectivity index (χ1n) is 6.87. The van der Waals surface area contributed by atoms with E-state index in [-0.39, 0.29) is 4.90 Å². The number of rotatable bonds is 3. The van der Waals surface area contributed by atoms with Crippen LogP contribution in [0.3, 0.4) is 0 Å². The van der Waals surface area contributed by atoms with Gasteiger partial charge in [-0.15, -0.1) is 5.11 Å². The average Bonchev–Trinajstić information content (AvgIpc) is 2.54. The Morgan fingerprint density at radius 3 is 2.25 bits per heavy atom. The molecule has 0 aliphatic rings.